The maximum atomic E-state index is 5.84. The number of rotatable bonds is 0. The topological polar surface area (TPSA) is 26.0 Å². The highest BCUT2D eigenvalue weighted by Crippen LogP contribution is 2.62. The molecule has 0 amide bonds. The number of hydrogen-bond donors (Lipinski definition) is 1. The summed E-state index contributed by atoms with van der Waals surface area (Å²) < 4.78 is 0. The maximum Gasteiger partial charge on any atom is 0.0215 e. The van der Waals surface area contributed by atoms with Crippen molar-refractivity contribution in [3.05, 3.63) is 0 Å². The largest absolute Gasteiger partial charge is 0.325 e. The highest BCUT2D eigenvalue weighted by Gasteiger charge is 2.65. The van der Waals surface area contributed by atoms with Gasteiger partial charge in [0, 0.05) is 5.54 Å². The van der Waals surface area contributed by atoms with Crippen LogP contribution in [0.15, 0.2) is 0 Å². The zero-order valence-corrected chi connectivity index (χ0v) is 4.65. The predicted molar refractivity (Wildman–Crippen MR) is 28.8 cm³/mol. The van der Waals surface area contributed by atoms with Gasteiger partial charge in [0.1, 0.15) is 0 Å². The lowest BCUT2D eigenvalue weighted by atomic mass is 9.94. The van der Waals surface area contributed by atoms with Gasteiger partial charge < -0.3 is 5.73 Å². The minimum Gasteiger partial charge on any atom is -0.325 e. The van der Waals surface area contributed by atoms with Gasteiger partial charge in [0.15, 0.2) is 0 Å². The molecule has 2 aliphatic carbocycles. The third-order valence-electron chi connectivity index (χ3n) is 2.92. The molecule has 1 nitrogen and oxygen atoms in total. The average molecular weight is 97.2 g/mol. The van der Waals surface area contributed by atoms with E-state index in [9.17, 15) is 0 Å². The van der Waals surface area contributed by atoms with Gasteiger partial charge in [0.25, 0.3) is 0 Å². The quantitative estimate of drug-likeness (QED) is 0.474. The Morgan fingerprint density at radius 3 is 2.29 bits per heavy atom. The van der Waals surface area contributed by atoms with Crippen LogP contribution in [0.4, 0.5) is 0 Å². The number of fused-ring (bicyclic) bond motifs is 1. The molecule has 2 rings (SSSR count). The van der Waals surface area contributed by atoms with Crippen molar-refractivity contribution in [1.29, 1.82) is 0 Å². The zero-order chi connectivity index (χ0) is 5.07. The molecule has 2 saturated carbocycles. The normalized spacial score (nSPS) is 66.0. The molecule has 7 heavy (non-hydrogen) atoms. The van der Waals surface area contributed by atoms with Crippen LogP contribution in [-0.4, -0.2) is 5.54 Å². The first-order valence-corrected chi connectivity index (χ1v) is 3.04. The molecule has 0 aromatic rings. The fourth-order valence-corrected chi connectivity index (χ4v) is 1.88. The van der Waals surface area contributed by atoms with E-state index >= 15 is 0 Å². The maximum absolute atomic E-state index is 5.84. The van der Waals surface area contributed by atoms with Gasteiger partial charge in [-0.25, -0.2) is 0 Å². The Morgan fingerprint density at radius 2 is 2.29 bits per heavy atom. The fourth-order valence-electron chi connectivity index (χ4n) is 1.88. The summed E-state index contributed by atoms with van der Waals surface area (Å²) in [7, 11) is 0. The fraction of sp³-hybridized carbons (Fsp3) is 1.00. The molecular weight excluding hydrogens is 86.1 g/mol. The van der Waals surface area contributed by atoms with Gasteiger partial charge in [0.05, 0.1) is 0 Å². The molecule has 2 aliphatic rings. The minimum absolute atomic E-state index is 0.347. The summed E-state index contributed by atoms with van der Waals surface area (Å²) in [6.45, 7) is 2.26. The van der Waals surface area contributed by atoms with Gasteiger partial charge in [0.2, 0.25) is 0 Å². The number of hydrogen-bond acceptors (Lipinski definition) is 1. The lowest BCUT2D eigenvalue weighted by Gasteiger charge is -2.18. The Bertz CT molecular complexity index is 105. The molecule has 0 aromatic heterocycles. The summed E-state index contributed by atoms with van der Waals surface area (Å²) in [6, 6.07) is 0. The Kier molecular flexibility index (Phi) is 0.419. The van der Waals surface area contributed by atoms with Crippen LogP contribution in [0.25, 0.3) is 0 Å². The van der Waals surface area contributed by atoms with Gasteiger partial charge in [-0.3, -0.25) is 0 Å². The molecule has 0 radical (unpaired) electrons. The Labute approximate surface area is 43.9 Å². The van der Waals surface area contributed by atoms with Gasteiger partial charge in [-0.05, 0) is 24.7 Å². The van der Waals surface area contributed by atoms with Crippen LogP contribution in [-0.2, 0) is 0 Å². The van der Waals surface area contributed by atoms with E-state index in [4.69, 9.17) is 5.73 Å². The Balaban J connectivity index is 2.20. The van der Waals surface area contributed by atoms with Gasteiger partial charge >= 0.3 is 0 Å². The molecular formula is C6H11N. The van der Waals surface area contributed by atoms with Crippen LogP contribution in [0.1, 0.15) is 19.8 Å². The molecule has 0 heterocycles. The third kappa shape index (κ3) is 0.235. The molecule has 2 fully saturated rings. The summed E-state index contributed by atoms with van der Waals surface area (Å²) >= 11 is 0. The van der Waals surface area contributed by atoms with Crippen LogP contribution in [0, 0.1) is 11.8 Å². The minimum atomic E-state index is 0.347. The standard InChI is InChI=1S/C6H11N/c1-4-5-2-3-6(4,5)7/h4-5H,2-3,7H2,1H3/t4-,5?,6?/m1/s1. The van der Waals surface area contributed by atoms with E-state index in [1.807, 2.05) is 0 Å². The van der Waals surface area contributed by atoms with E-state index in [0.717, 1.165) is 11.8 Å². The predicted octanol–water partition coefficient (Wildman–Crippen LogP) is 0.744. The van der Waals surface area contributed by atoms with Crippen LogP contribution in [0.5, 0.6) is 0 Å². The second-order valence-electron chi connectivity index (χ2n) is 3.05. The second-order valence-corrected chi connectivity index (χ2v) is 3.05. The smallest absolute Gasteiger partial charge is 0.0215 e. The summed E-state index contributed by atoms with van der Waals surface area (Å²) in [6.07, 6.45) is 2.69. The van der Waals surface area contributed by atoms with E-state index in [1.165, 1.54) is 12.8 Å². The summed E-state index contributed by atoms with van der Waals surface area (Å²) in [5, 5.41) is 0. The molecule has 1 heteroatoms. The Morgan fingerprint density at radius 1 is 1.71 bits per heavy atom. The van der Waals surface area contributed by atoms with E-state index in [1.54, 1.807) is 0 Å². The Hall–Kier alpha value is -0.0400. The van der Waals surface area contributed by atoms with Gasteiger partial charge in [-0.2, -0.15) is 0 Å². The monoisotopic (exact) mass is 97.1 g/mol. The molecule has 0 bridgehead atoms. The first-order chi connectivity index (χ1) is 3.25. The first kappa shape index (κ1) is 3.90. The molecule has 0 saturated heterocycles. The van der Waals surface area contributed by atoms with Crippen LogP contribution >= 0.6 is 0 Å². The van der Waals surface area contributed by atoms with Crippen molar-refractivity contribution >= 4 is 0 Å². The molecule has 2 unspecified atom stereocenters. The van der Waals surface area contributed by atoms with Crippen molar-refractivity contribution < 1.29 is 0 Å². The van der Waals surface area contributed by atoms with Crippen molar-refractivity contribution in [3.8, 4) is 0 Å². The van der Waals surface area contributed by atoms with E-state index < -0.39 is 0 Å². The van der Waals surface area contributed by atoms with Crippen LogP contribution in [0.3, 0.4) is 0 Å². The van der Waals surface area contributed by atoms with Crippen molar-refractivity contribution in [3.63, 3.8) is 0 Å². The lowest BCUT2D eigenvalue weighted by Crippen LogP contribution is -2.32. The average Bonchev–Trinajstić information content (AvgIpc) is 1.86. The molecule has 0 aromatic carbocycles. The van der Waals surface area contributed by atoms with Crippen molar-refractivity contribution in [1.82, 2.24) is 0 Å². The van der Waals surface area contributed by atoms with E-state index in [0.29, 0.717) is 5.54 Å². The molecule has 40 valence electrons. The zero-order valence-electron chi connectivity index (χ0n) is 4.65. The highest BCUT2D eigenvalue weighted by molar-refractivity contribution is 5.21. The first-order valence-electron chi connectivity index (χ1n) is 3.04. The van der Waals surface area contributed by atoms with Crippen molar-refractivity contribution in [2.75, 3.05) is 0 Å². The van der Waals surface area contributed by atoms with E-state index in [2.05, 4.69) is 6.92 Å². The number of nitrogens with two attached hydrogens (primary N) is 1. The van der Waals surface area contributed by atoms with Gasteiger partial charge in [-0.1, -0.05) is 6.92 Å². The third-order valence-corrected chi connectivity index (χ3v) is 2.92. The molecule has 0 spiro atoms. The molecule has 2 N–H and O–H groups in total. The SMILES string of the molecule is C[C@@H]1C2CCC21N. The molecule has 3 atom stereocenters. The van der Waals surface area contributed by atoms with Crippen LogP contribution < -0.4 is 5.73 Å². The summed E-state index contributed by atoms with van der Waals surface area (Å²) in [4.78, 5) is 0. The van der Waals surface area contributed by atoms with Crippen LogP contribution in [0.2, 0.25) is 0 Å². The highest BCUT2D eigenvalue weighted by atomic mass is 14.9. The van der Waals surface area contributed by atoms with E-state index in [-0.39, 0.29) is 0 Å². The summed E-state index contributed by atoms with van der Waals surface area (Å²) in [5.74, 6) is 1.78. The molecule has 0 aliphatic heterocycles. The van der Waals surface area contributed by atoms with Crippen molar-refractivity contribution in [2.24, 2.45) is 17.6 Å². The van der Waals surface area contributed by atoms with Gasteiger partial charge in [-0.15, -0.1) is 0 Å². The lowest BCUT2D eigenvalue weighted by molar-refractivity contribution is 0.399. The van der Waals surface area contributed by atoms with Crippen molar-refractivity contribution in [2.45, 2.75) is 25.3 Å². The second kappa shape index (κ2) is 0.752. The summed E-state index contributed by atoms with van der Waals surface area (Å²) in [5.41, 5.74) is 6.19.